The third-order valence-electron chi connectivity index (χ3n) is 4.59. The molecule has 17 heavy (non-hydrogen) atoms. The highest BCUT2D eigenvalue weighted by atomic mass is 16.5. The summed E-state index contributed by atoms with van der Waals surface area (Å²) in [7, 11) is 1.43. The molecule has 3 atom stereocenters. The molecule has 0 amide bonds. The van der Waals surface area contributed by atoms with Crippen LogP contribution in [-0.2, 0) is 14.3 Å². The van der Waals surface area contributed by atoms with Crippen LogP contribution in [-0.4, -0.2) is 25.8 Å². The van der Waals surface area contributed by atoms with Crippen molar-refractivity contribution in [3.63, 3.8) is 0 Å². The van der Waals surface area contributed by atoms with Crippen molar-refractivity contribution >= 4 is 5.97 Å². The van der Waals surface area contributed by atoms with Crippen molar-refractivity contribution in [3.05, 3.63) is 12.2 Å². The van der Waals surface area contributed by atoms with Crippen LogP contribution in [0.4, 0.5) is 0 Å². The van der Waals surface area contributed by atoms with Gasteiger partial charge >= 0.3 is 5.97 Å². The third kappa shape index (κ3) is 2.13. The van der Waals surface area contributed by atoms with Crippen molar-refractivity contribution in [2.75, 3.05) is 13.7 Å². The Hall–Kier alpha value is -0.830. The number of carbonyl (C=O) groups is 1. The number of ether oxygens (including phenoxy) is 2. The summed E-state index contributed by atoms with van der Waals surface area (Å²) < 4.78 is 10.6. The summed E-state index contributed by atoms with van der Waals surface area (Å²) >= 11 is 0. The van der Waals surface area contributed by atoms with E-state index >= 15 is 0 Å². The van der Waals surface area contributed by atoms with E-state index < -0.39 is 0 Å². The molecule has 1 saturated carbocycles. The van der Waals surface area contributed by atoms with Gasteiger partial charge in [0.15, 0.2) is 0 Å². The molecule has 1 aliphatic carbocycles. The molecule has 2 bridgehead atoms. The van der Waals surface area contributed by atoms with Gasteiger partial charge in [-0.2, -0.15) is 0 Å². The maximum atomic E-state index is 11.4. The van der Waals surface area contributed by atoms with E-state index in [-0.39, 0.29) is 23.4 Å². The van der Waals surface area contributed by atoms with E-state index in [4.69, 9.17) is 9.47 Å². The predicted octanol–water partition coefficient (Wildman–Crippen LogP) is 2.56. The first-order valence-electron chi connectivity index (χ1n) is 6.33. The first-order chi connectivity index (χ1) is 7.96. The molecule has 0 aromatic heterocycles. The van der Waals surface area contributed by atoms with Crippen LogP contribution in [0.3, 0.4) is 0 Å². The van der Waals surface area contributed by atoms with Crippen LogP contribution >= 0.6 is 0 Å². The lowest BCUT2D eigenvalue weighted by Crippen LogP contribution is -2.51. The molecule has 1 saturated heterocycles. The zero-order valence-corrected chi connectivity index (χ0v) is 11.0. The summed E-state index contributed by atoms with van der Waals surface area (Å²) in [6.45, 7) is 9.50. The number of carbonyl (C=O) groups excluding carboxylic acids is 1. The van der Waals surface area contributed by atoms with Gasteiger partial charge in [-0.3, -0.25) is 4.79 Å². The lowest BCUT2D eigenvalue weighted by atomic mass is 9.57. The molecule has 2 aliphatic rings. The molecule has 96 valence electrons. The fourth-order valence-corrected chi connectivity index (χ4v) is 3.47. The summed E-state index contributed by atoms with van der Waals surface area (Å²) in [5, 5.41) is 0. The molecule has 0 unspecified atom stereocenters. The molecule has 1 heterocycles. The van der Waals surface area contributed by atoms with Crippen molar-refractivity contribution in [1.29, 1.82) is 0 Å². The number of hydrogen-bond donors (Lipinski definition) is 0. The monoisotopic (exact) mass is 238 g/mol. The highest BCUT2D eigenvalue weighted by Crippen LogP contribution is 2.52. The number of fused-ring (bicyclic) bond motifs is 2. The summed E-state index contributed by atoms with van der Waals surface area (Å²) in [5.74, 6) is 0.684. The predicted molar refractivity (Wildman–Crippen MR) is 65.5 cm³/mol. The first-order valence-corrected chi connectivity index (χ1v) is 6.33. The summed E-state index contributed by atoms with van der Waals surface area (Å²) in [5.41, 5.74) is 1.42. The first kappa shape index (κ1) is 12.6. The Morgan fingerprint density at radius 1 is 1.59 bits per heavy atom. The molecular formula is C14H22O3. The average molecular weight is 238 g/mol. The van der Waals surface area contributed by atoms with E-state index in [1.54, 1.807) is 0 Å². The molecule has 2 fully saturated rings. The van der Waals surface area contributed by atoms with E-state index in [0.717, 1.165) is 19.4 Å². The Bertz CT molecular complexity index is 332. The van der Waals surface area contributed by atoms with Crippen molar-refractivity contribution < 1.29 is 14.3 Å². The Labute approximate surface area is 103 Å². The van der Waals surface area contributed by atoms with Crippen LogP contribution in [0.5, 0.6) is 0 Å². The van der Waals surface area contributed by atoms with E-state index in [1.165, 1.54) is 12.7 Å². The molecule has 0 N–H and O–H groups in total. The van der Waals surface area contributed by atoms with Gasteiger partial charge in [0.05, 0.1) is 26.2 Å². The summed E-state index contributed by atoms with van der Waals surface area (Å²) in [4.78, 5) is 11.4. The van der Waals surface area contributed by atoms with Crippen LogP contribution in [0.25, 0.3) is 0 Å². The molecule has 0 aromatic carbocycles. The lowest BCUT2D eigenvalue weighted by molar-refractivity contribution is -0.158. The number of esters is 1. The van der Waals surface area contributed by atoms with Crippen molar-refractivity contribution in [3.8, 4) is 0 Å². The normalized spacial score (nSPS) is 35.5. The SMILES string of the molecule is C=C1CC[C@@H]2CO[C@@H](CC(=O)OC)[C@H]1C2(C)C. The zero-order valence-electron chi connectivity index (χ0n) is 11.0. The van der Waals surface area contributed by atoms with Crippen LogP contribution in [0.1, 0.15) is 33.1 Å². The second kappa shape index (κ2) is 4.45. The molecule has 0 spiro atoms. The van der Waals surface area contributed by atoms with E-state index in [2.05, 4.69) is 20.4 Å². The van der Waals surface area contributed by atoms with Gasteiger partial charge in [0.1, 0.15) is 0 Å². The second-order valence-electron chi connectivity index (χ2n) is 5.84. The minimum absolute atomic E-state index is 0.0542. The van der Waals surface area contributed by atoms with Gasteiger partial charge in [-0.05, 0) is 24.2 Å². The van der Waals surface area contributed by atoms with Crippen LogP contribution in [0.2, 0.25) is 0 Å². The Morgan fingerprint density at radius 2 is 2.29 bits per heavy atom. The minimum Gasteiger partial charge on any atom is -0.469 e. The average Bonchev–Trinajstić information content (AvgIpc) is 2.24. The highest BCUT2D eigenvalue weighted by Gasteiger charge is 2.50. The molecule has 2 rings (SSSR count). The van der Waals surface area contributed by atoms with Crippen molar-refractivity contribution in [2.45, 2.75) is 39.2 Å². The van der Waals surface area contributed by atoms with Gasteiger partial charge in [0.25, 0.3) is 0 Å². The minimum atomic E-state index is -0.192. The van der Waals surface area contributed by atoms with Crippen LogP contribution in [0.15, 0.2) is 12.2 Å². The lowest BCUT2D eigenvalue weighted by Gasteiger charge is -2.53. The van der Waals surface area contributed by atoms with Crippen LogP contribution < -0.4 is 0 Å². The molecular weight excluding hydrogens is 216 g/mol. The Kier molecular flexibility index (Phi) is 3.30. The topological polar surface area (TPSA) is 35.5 Å². The Morgan fingerprint density at radius 3 is 2.94 bits per heavy atom. The van der Waals surface area contributed by atoms with E-state index in [1.807, 2.05) is 0 Å². The molecule has 0 aromatic rings. The van der Waals surface area contributed by atoms with E-state index in [0.29, 0.717) is 12.3 Å². The van der Waals surface area contributed by atoms with Gasteiger partial charge in [-0.15, -0.1) is 0 Å². The third-order valence-corrected chi connectivity index (χ3v) is 4.59. The maximum Gasteiger partial charge on any atom is 0.308 e. The van der Waals surface area contributed by atoms with Gasteiger partial charge in [-0.1, -0.05) is 26.0 Å². The van der Waals surface area contributed by atoms with Gasteiger partial charge in [-0.25, -0.2) is 0 Å². The standard InChI is InChI=1S/C14H22O3/c1-9-5-6-10-8-17-11(7-12(15)16-4)13(9)14(10,2)3/h10-11,13H,1,5-8H2,2-4H3/t10-,11+,13+/m1/s1. The maximum absolute atomic E-state index is 11.4. The molecule has 1 aliphatic heterocycles. The number of methoxy groups -OCH3 is 1. The molecule has 0 radical (unpaired) electrons. The Balaban J connectivity index is 2.19. The summed E-state index contributed by atoms with van der Waals surface area (Å²) in [6, 6.07) is 0. The van der Waals surface area contributed by atoms with Gasteiger partial charge in [0, 0.05) is 5.92 Å². The van der Waals surface area contributed by atoms with Crippen LogP contribution in [0, 0.1) is 17.3 Å². The second-order valence-corrected chi connectivity index (χ2v) is 5.84. The number of rotatable bonds is 2. The highest BCUT2D eigenvalue weighted by molar-refractivity contribution is 5.70. The van der Waals surface area contributed by atoms with Crippen molar-refractivity contribution in [1.82, 2.24) is 0 Å². The fraction of sp³-hybridized carbons (Fsp3) is 0.786. The molecule has 3 heteroatoms. The van der Waals surface area contributed by atoms with Gasteiger partial charge < -0.3 is 9.47 Å². The fourth-order valence-electron chi connectivity index (χ4n) is 3.47. The number of hydrogen-bond acceptors (Lipinski definition) is 3. The quantitative estimate of drug-likeness (QED) is 0.548. The smallest absolute Gasteiger partial charge is 0.308 e. The molecule has 3 nitrogen and oxygen atoms in total. The van der Waals surface area contributed by atoms with Crippen molar-refractivity contribution in [2.24, 2.45) is 17.3 Å². The summed E-state index contributed by atoms with van der Waals surface area (Å²) in [6.07, 6.45) is 2.52. The largest absolute Gasteiger partial charge is 0.469 e. The van der Waals surface area contributed by atoms with Gasteiger partial charge in [0.2, 0.25) is 0 Å². The van der Waals surface area contributed by atoms with E-state index in [9.17, 15) is 4.79 Å². The zero-order chi connectivity index (χ0) is 12.6.